The molecule has 0 unspecified atom stereocenters. The number of nitrogens with one attached hydrogen (secondary N) is 1. The number of alkyl halides is 1. The van der Waals surface area contributed by atoms with Gasteiger partial charge in [0.1, 0.15) is 5.75 Å². The summed E-state index contributed by atoms with van der Waals surface area (Å²) in [5, 5.41) is 0.254. The lowest BCUT2D eigenvalue weighted by Gasteiger charge is -2.25. The van der Waals surface area contributed by atoms with Crippen LogP contribution in [-0.2, 0) is 10.0 Å². The van der Waals surface area contributed by atoms with Crippen LogP contribution in [0.1, 0.15) is 25.7 Å². The number of benzene rings is 1. The van der Waals surface area contributed by atoms with Crippen molar-refractivity contribution < 1.29 is 13.2 Å². The highest BCUT2D eigenvalue weighted by molar-refractivity contribution is 7.89. The molecule has 0 aromatic heterocycles. The zero-order valence-corrected chi connectivity index (χ0v) is 13.1. The summed E-state index contributed by atoms with van der Waals surface area (Å²) in [4.78, 5) is 0.268. The Morgan fingerprint density at radius 1 is 1.20 bits per heavy atom. The van der Waals surface area contributed by atoms with Crippen LogP contribution in [0.15, 0.2) is 29.2 Å². The minimum Gasteiger partial charge on any atom is -0.497 e. The smallest absolute Gasteiger partial charge is 0.240 e. The first-order valence-corrected chi connectivity index (χ1v) is 8.71. The Morgan fingerprint density at radius 3 is 2.35 bits per heavy atom. The van der Waals surface area contributed by atoms with Gasteiger partial charge in [0.05, 0.1) is 12.0 Å². The second-order valence-electron chi connectivity index (χ2n) is 5.15. The Morgan fingerprint density at radius 2 is 1.80 bits per heavy atom. The lowest BCUT2D eigenvalue weighted by Crippen LogP contribution is -2.31. The van der Waals surface area contributed by atoms with E-state index in [4.69, 9.17) is 16.3 Å². The van der Waals surface area contributed by atoms with E-state index in [1.54, 1.807) is 31.4 Å². The first-order chi connectivity index (χ1) is 9.51. The van der Waals surface area contributed by atoms with E-state index in [1.165, 1.54) is 0 Å². The van der Waals surface area contributed by atoms with Crippen LogP contribution in [-0.4, -0.2) is 27.4 Å². The van der Waals surface area contributed by atoms with Gasteiger partial charge in [-0.05, 0) is 55.9 Å². The van der Waals surface area contributed by atoms with Crippen molar-refractivity contribution in [3.05, 3.63) is 24.3 Å². The predicted molar refractivity (Wildman–Crippen MR) is 79.8 cm³/mol. The summed E-state index contributed by atoms with van der Waals surface area (Å²) in [6.45, 7) is 0.484. The third-order valence-corrected chi connectivity index (χ3v) is 5.58. The molecule has 2 rings (SSSR count). The van der Waals surface area contributed by atoms with Gasteiger partial charge in [-0.2, -0.15) is 0 Å². The molecular formula is C14H20ClNO3S. The van der Waals surface area contributed by atoms with Gasteiger partial charge in [0.15, 0.2) is 0 Å². The molecule has 1 N–H and O–H groups in total. The van der Waals surface area contributed by atoms with Crippen molar-refractivity contribution in [1.29, 1.82) is 0 Å². The lowest BCUT2D eigenvalue weighted by molar-refractivity contribution is 0.361. The Kier molecular flexibility index (Phi) is 5.29. The highest BCUT2D eigenvalue weighted by Crippen LogP contribution is 2.27. The van der Waals surface area contributed by atoms with Crippen molar-refractivity contribution in [3.8, 4) is 5.75 Å². The predicted octanol–water partition coefficient (Wildman–Crippen LogP) is 2.77. The normalized spacial score (nSPS) is 23.5. The van der Waals surface area contributed by atoms with Gasteiger partial charge in [0.2, 0.25) is 10.0 Å². The maximum absolute atomic E-state index is 12.2. The third-order valence-electron chi connectivity index (χ3n) is 3.71. The molecule has 0 heterocycles. The van der Waals surface area contributed by atoms with Gasteiger partial charge in [-0.3, -0.25) is 0 Å². The molecule has 1 aromatic carbocycles. The van der Waals surface area contributed by atoms with Crippen LogP contribution in [0.5, 0.6) is 5.75 Å². The Labute approximate surface area is 125 Å². The second kappa shape index (κ2) is 6.78. The summed E-state index contributed by atoms with van der Waals surface area (Å²) in [5.41, 5.74) is 0. The molecule has 0 amide bonds. The summed E-state index contributed by atoms with van der Waals surface area (Å²) in [6.07, 6.45) is 3.91. The average molecular weight is 318 g/mol. The highest BCUT2D eigenvalue weighted by Gasteiger charge is 2.22. The Bertz CT molecular complexity index is 522. The quantitative estimate of drug-likeness (QED) is 0.850. The first kappa shape index (κ1) is 15.6. The van der Waals surface area contributed by atoms with Crippen LogP contribution >= 0.6 is 11.6 Å². The van der Waals surface area contributed by atoms with Crippen molar-refractivity contribution in [2.45, 2.75) is 36.0 Å². The maximum Gasteiger partial charge on any atom is 0.240 e. The summed E-state index contributed by atoms with van der Waals surface area (Å²) in [6, 6.07) is 6.40. The number of rotatable bonds is 5. The van der Waals surface area contributed by atoms with Gasteiger partial charge in [0, 0.05) is 11.9 Å². The molecule has 1 aromatic rings. The van der Waals surface area contributed by atoms with Gasteiger partial charge >= 0.3 is 0 Å². The zero-order chi connectivity index (χ0) is 14.6. The first-order valence-electron chi connectivity index (χ1n) is 6.79. The van der Waals surface area contributed by atoms with Crippen molar-refractivity contribution in [1.82, 2.24) is 4.72 Å². The SMILES string of the molecule is COc1ccc(S(=O)(=O)NCC2CCC(Cl)CC2)cc1. The maximum atomic E-state index is 12.2. The molecule has 1 fully saturated rings. The molecule has 1 aliphatic carbocycles. The molecule has 0 radical (unpaired) electrons. The van der Waals surface area contributed by atoms with Crippen LogP contribution in [0, 0.1) is 5.92 Å². The topological polar surface area (TPSA) is 55.4 Å². The number of ether oxygens (including phenoxy) is 1. The van der Waals surface area contributed by atoms with Gasteiger partial charge < -0.3 is 4.74 Å². The molecule has 0 aliphatic heterocycles. The van der Waals surface area contributed by atoms with Gasteiger partial charge in [-0.25, -0.2) is 13.1 Å². The standard InChI is InChI=1S/C14H20ClNO3S/c1-19-13-6-8-14(9-7-13)20(17,18)16-10-11-2-4-12(15)5-3-11/h6-9,11-12,16H,2-5,10H2,1H3. The van der Waals surface area contributed by atoms with Gasteiger partial charge in [-0.1, -0.05) is 0 Å². The molecule has 0 saturated heterocycles. The van der Waals surface area contributed by atoms with Crippen molar-refractivity contribution in [2.24, 2.45) is 5.92 Å². The monoisotopic (exact) mass is 317 g/mol. The van der Waals surface area contributed by atoms with Crippen molar-refractivity contribution in [3.63, 3.8) is 0 Å². The summed E-state index contributed by atoms with van der Waals surface area (Å²) in [5.74, 6) is 1.03. The fourth-order valence-corrected chi connectivity index (χ4v) is 3.76. The molecule has 0 bridgehead atoms. The van der Waals surface area contributed by atoms with E-state index < -0.39 is 10.0 Å². The Hall–Kier alpha value is -0.780. The van der Waals surface area contributed by atoms with Crippen molar-refractivity contribution in [2.75, 3.05) is 13.7 Å². The fraction of sp³-hybridized carbons (Fsp3) is 0.571. The fourth-order valence-electron chi connectivity index (χ4n) is 2.39. The molecule has 1 saturated carbocycles. The average Bonchev–Trinajstić information content (AvgIpc) is 2.47. The van der Waals surface area contributed by atoms with Crippen molar-refractivity contribution >= 4 is 21.6 Å². The second-order valence-corrected chi connectivity index (χ2v) is 7.53. The molecule has 1 aliphatic rings. The zero-order valence-electron chi connectivity index (χ0n) is 11.5. The summed E-state index contributed by atoms with van der Waals surface area (Å²) < 4.78 is 32.0. The largest absolute Gasteiger partial charge is 0.497 e. The van der Waals surface area contributed by atoms with Crippen LogP contribution in [0.4, 0.5) is 0 Å². The minimum atomic E-state index is -3.44. The van der Waals surface area contributed by atoms with Crippen LogP contribution in [0.3, 0.4) is 0 Å². The molecule has 4 nitrogen and oxygen atoms in total. The van der Waals surface area contributed by atoms with E-state index in [2.05, 4.69) is 4.72 Å². The molecule has 20 heavy (non-hydrogen) atoms. The third kappa shape index (κ3) is 4.11. The Balaban J connectivity index is 1.93. The van der Waals surface area contributed by atoms with E-state index in [0.29, 0.717) is 18.2 Å². The minimum absolute atomic E-state index is 0.254. The van der Waals surface area contributed by atoms with E-state index in [0.717, 1.165) is 25.7 Å². The van der Waals surface area contributed by atoms with Crippen LogP contribution in [0.25, 0.3) is 0 Å². The summed E-state index contributed by atoms with van der Waals surface area (Å²) in [7, 11) is -1.89. The van der Waals surface area contributed by atoms with E-state index in [-0.39, 0.29) is 10.3 Å². The number of hydrogen-bond donors (Lipinski definition) is 1. The summed E-state index contributed by atoms with van der Waals surface area (Å²) >= 11 is 6.05. The van der Waals surface area contributed by atoms with Gasteiger partial charge in [-0.15, -0.1) is 11.6 Å². The lowest BCUT2D eigenvalue weighted by atomic mass is 9.89. The van der Waals surface area contributed by atoms with E-state index >= 15 is 0 Å². The molecule has 0 spiro atoms. The molecular weight excluding hydrogens is 298 g/mol. The number of hydrogen-bond acceptors (Lipinski definition) is 3. The van der Waals surface area contributed by atoms with Gasteiger partial charge in [0.25, 0.3) is 0 Å². The van der Waals surface area contributed by atoms with Crippen LogP contribution in [0.2, 0.25) is 0 Å². The molecule has 0 atom stereocenters. The van der Waals surface area contributed by atoms with E-state index in [1.807, 2.05) is 0 Å². The van der Waals surface area contributed by atoms with E-state index in [9.17, 15) is 8.42 Å². The molecule has 6 heteroatoms. The number of methoxy groups -OCH3 is 1. The highest BCUT2D eigenvalue weighted by atomic mass is 35.5. The number of halogens is 1. The number of sulfonamides is 1. The van der Waals surface area contributed by atoms with Crippen LogP contribution < -0.4 is 9.46 Å². The molecule has 112 valence electrons.